The number of nitrogens with two attached hydrogens (primary N) is 1. The van der Waals surface area contributed by atoms with Gasteiger partial charge in [0.15, 0.2) is 0 Å². The molecular weight excluding hydrogens is 231 g/mol. The largest absolute Gasteiger partial charge is 0.339 e. The van der Waals surface area contributed by atoms with Crippen LogP contribution in [-0.2, 0) is 4.79 Å². The summed E-state index contributed by atoms with van der Waals surface area (Å²) < 4.78 is 13.7. The summed E-state index contributed by atoms with van der Waals surface area (Å²) in [6.45, 7) is 4.15. The van der Waals surface area contributed by atoms with Crippen LogP contribution in [0.4, 0.5) is 4.39 Å². The highest BCUT2D eigenvalue weighted by Gasteiger charge is 2.23. The Balaban J connectivity index is 2.81. The number of hydrogen-bond acceptors (Lipinski definition) is 2. The maximum absolute atomic E-state index is 13.7. The van der Waals surface area contributed by atoms with Crippen LogP contribution in [0.2, 0.25) is 0 Å². The Morgan fingerprint density at radius 3 is 2.56 bits per heavy atom. The van der Waals surface area contributed by atoms with E-state index in [0.29, 0.717) is 18.5 Å². The van der Waals surface area contributed by atoms with Crippen LogP contribution >= 0.6 is 0 Å². The third-order valence-electron chi connectivity index (χ3n) is 3.31. The third kappa shape index (κ3) is 3.29. The molecule has 0 aliphatic heterocycles. The van der Waals surface area contributed by atoms with E-state index in [4.69, 9.17) is 5.73 Å². The first-order chi connectivity index (χ1) is 8.49. The molecule has 0 aromatic heterocycles. The lowest BCUT2D eigenvalue weighted by molar-refractivity contribution is -0.135. The number of amides is 1. The second-order valence-corrected chi connectivity index (χ2v) is 4.63. The fourth-order valence-electron chi connectivity index (χ4n) is 1.93. The molecule has 0 saturated heterocycles. The van der Waals surface area contributed by atoms with Gasteiger partial charge < -0.3 is 10.6 Å². The third-order valence-corrected chi connectivity index (χ3v) is 3.31. The van der Waals surface area contributed by atoms with E-state index in [1.807, 2.05) is 13.8 Å². The van der Waals surface area contributed by atoms with Gasteiger partial charge in [-0.3, -0.25) is 4.79 Å². The van der Waals surface area contributed by atoms with Gasteiger partial charge in [-0.1, -0.05) is 25.1 Å². The number of carbonyl (C=O) groups is 1. The first kappa shape index (κ1) is 14.6. The lowest BCUT2D eigenvalue weighted by Gasteiger charge is -2.28. The number of rotatable bonds is 5. The van der Waals surface area contributed by atoms with Crippen molar-refractivity contribution in [2.45, 2.75) is 26.3 Å². The predicted molar refractivity (Wildman–Crippen MR) is 70.4 cm³/mol. The van der Waals surface area contributed by atoms with Crippen LogP contribution in [0.25, 0.3) is 0 Å². The van der Waals surface area contributed by atoms with Gasteiger partial charge in [-0.15, -0.1) is 0 Å². The average molecular weight is 252 g/mol. The molecule has 0 aliphatic rings. The molecule has 0 aliphatic carbocycles. The second kappa shape index (κ2) is 6.50. The molecule has 1 amide bonds. The highest BCUT2D eigenvalue weighted by atomic mass is 19.1. The van der Waals surface area contributed by atoms with E-state index in [9.17, 15) is 9.18 Å². The van der Waals surface area contributed by atoms with Crippen molar-refractivity contribution < 1.29 is 9.18 Å². The van der Waals surface area contributed by atoms with Gasteiger partial charge in [0.1, 0.15) is 5.82 Å². The summed E-state index contributed by atoms with van der Waals surface area (Å²) in [6.07, 6.45) is 0.646. The topological polar surface area (TPSA) is 46.3 Å². The van der Waals surface area contributed by atoms with Gasteiger partial charge in [0, 0.05) is 18.5 Å². The Bertz CT molecular complexity index is 409. The Hall–Kier alpha value is -1.42. The predicted octanol–water partition coefficient (Wildman–Crippen LogP) is 2.33. The van der Waals surface area contributed by atoms with Crippen molar-refractivity contribution in [2.24, 2.45) is 11.7 Å². The summed E-state index contributed by atoms with van der Waals surface area (Å²) in [5.41, 5.74) is 5.98. The van der Waals surface area contributed by atoms with Gasteiger partial charge in [0.25, 0.3) is 0 Å². The quantitative estimate of drug-likeness (QED) is 0.874. The lowest BCUT2D eigenvalue weighted by Crippen LogP contribution is -2.35. The fourth-order valence-corrected chi connectivity index (χ4v) is 1.93. The molecule has 1 rings (SSSR count). The van der Waals surface area contributed by atoms with Gasteiger partial charge in [0.2, 0.25) is 5.91 Å². The molecule has 0 fully saturated rings. The highest BCUT2D eigenvalue weighted by Crippen LogP contribution is 2.23. The van der Waals surface area contributed by atoms with Gasteiger partial charge >= 0.3 is 0 Å². The van der Waals surface area contributed by atoms with E-state index in [1.165, 1.54) is 6.07 Å². The van der Waals surface area contributed by atoms with Crippen molar-refractivity contribution in [3.05, 3.63) is 35.6 Å². The minimum Gasteiger partial charge on any atom is -0.339 e. The van der Waals surface area contributed by atoms with Crippen LogP contribution in [0.15, 0.2) is 24.3 Å². The molecule has 0 saturated carbocycles. The number of hydrogen-bond donors (Lipinski definition) is 1. The van der Waals surface area contributed by atoms with Crippen molar-refractivity contribution in [1.82, 2.24) is 4.90 Å². The van der Waals surface area contributed by atoms with Crippen LogP contribution < -0.4 is 5.73 Å². The molecule has 100 valence electrons. The van der Waals surface area contributed by atoms with E-state index in [2.05, 4.69) is 0 Å². The smallest absolute Gasteiger partial charge is 0.225 e. The average Bonchev–Trinajstić information content (AvgIpc) is 2.37. The fraction of sp³-hybridized carbons (Fsp3) is 0.500. The first-order valence-corrected chi connectivity index (χ1v) is 6.20. The van der Waals surface area contributed by atoms with Gasteiger partial charge in [0.05, 0.1) is 6.04 Å². The molecule has 2 N–H and O–H groups in total. The Labute approximate surface area is 108 Å². The highest BCUT2D eigenvalue weighted by molar-refractivity contribution is 5.78. The van der Waals surface area contributed by atoms with E-state index in [0.717, 1.165) is 0 Å². The maximum atomic E-state index is 13.7. The Kier molecular flexibility index (Phi) is 5.28. The molecule has 0 bridgehead atoms. The summed E-state index contributed by atoms with van der Waals surface area (Å²) in [5.74, 6) is -0.415. The molecule has 3 nitrogen and oxygen atoms in total. The number of carbonyl (C=O) groups excluding carboxylic acids is 1. The molecule has 2 atom stereocenters. The summed E-state index contributed by atoms with van der Waals surface area (Å²) >= 11 is 0. The first-order valence-electron chi connectivity index (χ1n) is 6.20. The normalized spacial score (nSPS) is 14.1. The molecule has 0 heterocycles. The van der Waals surface area contributed by atoms with Crippen LogP contribution in [0.5, 0.6) is 0 Å². The van der Waals surface area contributed by atoms with E-state index >= 15 is 0 Å². The molecule has 1 aromatic rings. The van der Waals surface area contributed by atoms with Crippen LogP contribution in [0.3, 0.4) is 0 Å². The molecule has 18 heavy (non-hydrogen) atoms. The molecule has 4 heteroatoms. The molecule has 0 radical (unpaired) electrons. The zero-order chi connectivity index (χ0) is 13.7. The van der Waals surface area contributed by atoms with Gasteiger partial charge in [-0.25, -0.2) is 4.39 Å². The summed E-state index contributed by atoms with van der Waals surface area (Å²) in [6, 6.07) is 6.25. The zero-order valence-electron chi connectivity index (χ0n) is 11.2. The van der Waals surface area contributed by atoms with Gasteiger partial charge in [-0.05, 0) is 26.0 Å². The Morgan fingerprint density at radius 2 is 2.00 bits per heavy atom. The molecule has 1 aromatic carbocycles. The van der Waals surface area contributed by atoms with E-state index in [-0.39, 0.29) is 23.7 Å². The van der Waals surface area contributed by atoms with E-state index < -0.39 is 0 Å². The molecular formula is C14H21FN2O. The Morgan fingerprint density at radius 1 is 1.39 bits per heavy atom. The summed E-state index contributed by atoms with van der Waals surface area (Å²) in [5, 5.41) is 0. The van der Waals surface area contributed by atoms with Gasteiger partial charge in [-0.2, -0.15) is 0 Å². The summed E-state index contributed by atoms with van der Waals surface area (Å²) in [7, 11) is 1.70. The van der Waals surface area contributed by atoms with Crippen molar-refractivity contribution in [2.75, 3.05) is 13.6 Å². The maximum Gasteiger partial charge on any atom is 0.225 e. The second-order valence-electron chi connectivity index (χ2n) is 4.63. The minimum absolute atomic E-state index is 0.00352. The molecule has 0 spiro atoms. The zero-order valence-corrected chi connectivity index (χ0v) is 11.2. The van der Waals surface area contributed by atoms with Crippen LogP contribution in [0.1, 0.15) is 31.9 Å². The van der Waals surface area contributed by atoms with Crippen LogP contribution in [0, 0.1) is 11.7 Å². The van der Waals surface area contributed by atoms with Crippen molar-refractivity contribution >= 4 is 5.91 Å². The van der Waals surface area contributed by atoms with Crippen molar-refractivity contribution in [1.29, 1.82) is 0 Å². The lowest BCUT2D eigenvalue weighted by atomic mass is 10.0. The number of nitrogens with zero attached hydrogens (tertiary/aromatic N) is 1. The molecule has 2 unspecified atom stereocenters. The van der Waals surface area contributed by atoms with Crippen LogP contribution in [-0.4, -0.2) is 24.4 Å². The SMILES string of the molecule is CC(CCN)C(=O)N(C)C(C)c1ccccc1F. The number of halogens is 1. The number of benzene rings is 1. The summed E-state index contributed by atoms with van der Waals surface area (Å²) in [4.78, 5) is 13.7. The van der Waals surface area contributed by atoms with E-state index in [1.54, 1.807) is 30.1 Å². The van der Waals surface area contributed by atoms with Crippen molar-refractivity contribution in [3.8, 4) is 0 Å². The van der Waals surface area contributed by atoms with Crippen molar-refractivity contribution in [3.63, 3.8) is 0 Å². The monoisotopic (exact) mass is 252 g/mol. The standard InChI is InChI=1S/C14H21FN2O/c1-10(8-9-16)14(18)17(3)11(2)12-6-4-5-7-13(12)15/h4-7,10-11H,8-9,16H2,1-3H3. The minimum atomic E-state index is -0.281.